The van der Waals surface area contributed by atoms with Crippen molar-refractivity contribution in [3.63, 3.8) is 0 Å². The molecule has 2 N–H and O–H groups in total. The molecule has 2 aromatic rings. The van der Waals surface area contributed by atoms with Gasteiger partial charge in [-0.3, -0.25) is 4.79 Å². The van der Waals surface area contributed by atoms with Gasteiger partial charge in [0.05, 0.1) is 4.88 Å². The maximum atomic E-state index is 12.5. The van der Waals surface area contributed by atoms with Crippen LogP contribution in [-0.2, 0) is 13.0 Å². The van der Waals surface area contributed by atoms with Crippen molar-refractivity contribution in [2.75, 3.05) is 18.4 Å². The monoisotopic (exact) mass is 341 g/mol. The summed E-state index contributed by atoms with van der Waals surface area (Å²) in [6.07, 6.45) is 2.45. The van der Waals surface area contributed by atoms with Gasteiger partial charge in [0.2, 0.25) is 0 Å². The van der Waals surface area contributed by atoms with Gasteiger partial charge in [-0.1, -0.05) is 18.2 Å². The number of urea groups is 1. The van der Waals surface area contributed by atoms with Crippen LogP contribution in [0.4, 0.5) is 10.5 Å². The van der Waals surface area contributed by atoms with E-state index >= 15 is 0 Å². The standard InChI is InChI=1S/C18H19N3O2S/c1-2-8-19-18(23)20-15-6-5-13-7-9-21(12-14(13)11-15)17(22)16-4-3-10-24-16/h2-6,10-11H,1,7-9,12H2,(H2,19,20,23). The lowest BCUT2D eigenvalue weighted by molar-refractivity contribution is 0.0739. The number of rotatable bonds is 4. The van der Waals surface area contributed by atoms with E-state index in [1.807, 2.05) is 40.6 Å². The Hall–Kier alpha value is -2.60. The second-order valence-corrected chi connectivity index (χ2v) is 6.51. The molecule has 0 fully saturated rings. The van der Waals surface area contributed by atoms with Crippen molar-refractivity contribution in [2.24, 2.45) is 0 Å². The van der Waals surface area contributed by atoms with E-state index in [2.05, 4.69) is 17.2 Å². The highest BCUT2D eigenvalue weighted by molar-refractivity contribution is 7.12. The van der Waals surface area contributed by atoms with Crippen LogP contribution < -0.4 is 10.6 Å². The van der Waals surface area contributed by atoms with Gasteiger partial charge in [0, 0.05) is 25.3 Å². The van der Waals surface area contributed by atoms with Crippen LogP contribution in [0.3, 0.4) is 0 Å². The number of thiophene rings is 1. The summed E-state index contributed by atoms with van der Waals surface area (Å²) in [4.78, 5) is 26.9. The number of fused-ring (bicyclic) bond motifs is 1. The average Bonchev–Trinajstić information content (AvgIpc) is 3.13. The van der Waals surface area contributed by atoms with Crippen LogP contribution in [0, 0.1) is 0 Å². The molecule has 1 aromatic carbocycles. The number of nitrogens with zero attached hydrogens (tertiary/aromatic N) is 1. The van der Waals surface area contributed by atoms with E-state index < -0.39 is 0 Å². The van der Waals surface area contributed by atoms with Crippen molar-refractivity contribution in [3.05, 3.63) is 64.4 Å². The Morgan fingerprint density at radius 2 is 2.17 bits per heavy atom. The smallest absolute Gasteiger partial charge is 0.319 e. The predicted octanol–water partition coefficient (Wildman–Crippen LogP) is 3.25. The number of carbonyl (C=O) groups is 2. The highest BCUT2D eigenvalue weighted by Crippen LogP contribution is 2.24. The average molecular weight is 341 g/mol. The van der Waals surface area contributed by atoms with Crippen LogP contribution in [0.2, 0.25) is 0 Å². The Balaban J connectivity index is 1.70. The van der Waals surface area contributed by atoms with Gasteiger partial charge in [-0.2, -0.15) is 0 Å². The van der Waals surface area contributed by atoms with Crippen molar-refractivity contribution in [1.82, 2.24) is 10.2 Å². The fourth-order valence-corrected chi connectivity index (χ4v) is 3.40. The van der Waals surface area contributed by atoms with Gasteiger partial charge in [-0.15, -0.1) is 17.9 Å². The molecule has 3 rings (SSSR count). The summed E-state index contributed by atoms with van der Waals surface area (Å²) in [5.74, 6) is 0.0674. The van der Waals surface area contributed by atoms with Gasteiger partial charge < -0.3 is 15.5 Å². The largest absolute Gasteiger partial charge is 0.334 e. The third kappa shape index (κ3) is 3.65. The zero-order chi connectivity index (χ0) is 16.9. The SMILES string of the molecule is C=CCNC(=O)Nc1ccc2c(c1)CN(C(=O)c1cccs1)CC2. The Bertz CT molecular complexity index is 756. The minimum Gasteiger partial charge on any atom is -0.334 e. The van der Waals surface area contributed by atoms with Crippen molar-refractivity contribution >= 4 is 29.0 Å². The molecule has 24 heavy (non-hydrogen) atoms. The molecule has 1 aromatic heterocycles. The molecule has 1 aliphatic heterocycles. The molecule has 0 aliphatic carbocycles. The fourth-order valence-electron chi connectivity index (χ4n) is 2.70. The lowest BCUT2D eigenvalue weighted by Crippen LogP contribution is -2.35. The van der Waals surface area contributed by atoms with Crippen LogP contribution in [0.1, 0.15) is 20.8 Å². The summed E-state index contributed by atoms with van der Waals surface area (Å²) in [6, 6.07) is 9.33. The lowest BCUT2D eigenvalue weighted by atomic mass is 9.99. The van der Waals surface area contributed by atoms with Gasteiger partial charge in [-0.05, 0) is 41.1 Å². The maximum Gasteiger partial charge on any atom is 0.319 e. The van der Waals surface area contributed by atoms with E-state index in [0.29, 0.717) is 13.1 Å². The summed E-state index contributed by atoms with van der Waals surface area (Å²) in [6.45, 7) is 5.26. The topological polar surface area (TPSA) is 61.4 Å². The number of hydrogen-bond acceptors (Lipinski definition) is 3. The molecule has 0 spiro atoms. The van der Waals surface area contributed by atoms with E-state index in [4.69, 9.17) is 0 Å². The molecule has 0 saturated heterocycles. The van der Waals surface area contributed by atoms with Crippen LogP contribution >= 0.6 is 11.3 Å². The summed E-state index contributed by atoms with van der Waals surface area (Å²) in [7, 11) is 0. The number of amides is 3. The van der Waals surface area contributed by atoms with Crippen LogP contribution in [-0.4, -0.2) is 29.9 Å². The summed E-state index contributed by atoms with van der Waals surface area (Å²) in [5.41, 5.74) is 3.02. The lowest BCUT2D eigenvalue weighted by Gasteiger charge is -2.29. The first-order chi connectivity index (χ1) is 11.7. The quantitative estimate of drug-likeness (QED) is 0.839. The van der Waals surface area contributed by atoms with Gasteiger partial charge >= 0.3 is 6.03 Å². The van der Waals surface area contributed by atoms with Gasteiger partial charge in [0.25, 0.3) is 5.91 Å². The summed E-state index contributed by atoms with van der Waals surface area (Å²) in [5, 5.41) is 7.39. The number of carbonyl (C=O) groups excluding carboxylic acids is 2. The molecule has 0 atom stereocenters. The van der Waals surface area contributed by atoms with Gasteiger partial charge in [-0.25, -0.2) is 4.79 Å². The number of anilines is 1. The van der Waals surface area contributed by atoms with Gasteiger partial charge in [0.15, 0.2) is 0 Å². The molecule has 6 heteroatoms. The van der Waals surface area contributed by atoms with E-state index in [1.165, 1.54) is 16.9 Å². The molecular formula is C18H19N3O2S. The zero-order valence-corrected chi connectivity index (χ0v) is 14.1. The minimum atomic E-state index is -0.267. The number of hydrogen-bond donors (Lipinski definition) is 2. The Labute approximate surface area is 145 Å². The molecule has 5 nitrogen and oxygen atoms in total. The number of benzene rings is 1. The molecule has 0 saturated carbocycles. The van der Waals surface area contributed by atoms with E-state index in [-0.39, 0.29) is 11.9 Å². The molecular weight excluding hydrogens is 322 g/mol. The van der Waals surface area contributed by atoms with Crippen LogP contribution in [0.25, 0.3) is 0 Å². The second kappa shape index (κ2) is 7.31. The zero-order valence-electron chi connectivity index (χ0n) is 13.2. The van der Waals surface area contributed by atoms with Crippen molar-refractivity contribution in [1.29, 1.82) is 0 Å². The molecule has 2 heterocycles. The first-order valence-electron chi connectivity index (χ1n) is 7.77. The third-order valence-corrected chi connectivity index (χ3v) is 4.76. The Morgan fingerprint density at radius 3 is 2.92 bits per heavy atom. The predicted molar refractivity (Wildman–Crippen MR) is 96.4 cm³/mol. The molecule has 124 valence electrons. The third-order valence-electron chi connectivity index (χ3n) is 3.90. The second-order valence-electron chi connectivity index (χ2n) is 5.56. The minimum absolute atomic E-state index is 0.0674. The molecule has 0 bridgehead atoms. The first-order valence-corrected chi connectivity index (χ1v) is 8.65. The van der Waals surface area contributed by atoms with E-state index in [1.54, 1.807) is 6.08 Å². The summed E-state index contributed by atoms with van der Waals surface area (Å²) < 4.78 is 0. The van der Waals surface area contributed by atoms with Crippen molar-refractivity contribution in [3.8, 4) is 0 Å². The Morgan fingerprint density at radius 1 is 1.29 bits per heavy atom. The van der Waals surface area contributed by atoms with Crippen LogP contribution in [0.5, 0.6) is 0 Å². The van der Waals surface area contributed by atoms with E-state index in [0.717, 1.165) is 29.1 Å². The van der Waals surface area contributed by atoms with Crippen LogP contribution in [0.15, 0.2) is 48.4 Å². The fraction of sp³-hybridized carbons (Fsp3) is 0.222. The molecule has 1 aliphatic rings. The molecule has 0 radical (unpaired) electrons. The van der Waals surface area contributed by atoms with Crippen molar-refractivity contribution < 1.29 is 9.59 Å². The first kappa shape index (κ1) is 16.3. The highest BCUT2D eigenvalue weighted by Gasteiger charge is 2.22. The Kier molecular flexibility index (Phi) is 4.96. The highest BCUT2D eigenvalue weighted by atomic mass is 32.1. The maximum absolute atomic E-state index is 12.5. The number of nitrogens with one attached hydrogen (secondary N) is 2. The van der Waals surface area contributed by atoms with Crippen molar-refractivity contribution in [2.45, 2.75) is 13.0 Å². The summed E-state index contributed by atoms with van der Waals surface area (Å²) >= 11 is 1.46. The normalized spacial score (nSPS) is 13.1. The van der Waals surface area contributed by atoms with E-state index in [9.17, 15) is 9.59 Å². The van der Waals surface area contributed by atoms with Gasteiger partial charge in [0.1, 0.15) is 0 Å². The molecule has 3 amide bonds. The molecule has 0 unspecified atom stereocenters.